The molecule has 3 rings (SSSR count). The van der Waals surface area contributed by atoms with E-state index in [9.17, 15) is 9.59 Å². The van der Waals surface area contributed by atoms with E-state index in [0.717, 1.165) is 16.5 Å². The van der Waals surface area contributed by atoms with Gasteiger partial charge in [0.1, 0.15) is 5.58 Å². The van der Waals surface area contributed by atoms with Gasteiger partial charge in [0.15, 0.2) is 5.76 Å². The number of rotatable bonds is 5. The summed E-state index contributed by atoms with van der Waals surface area (Å²) in [6.07, 6.45) is 1.34. The van der Waals surface area contributed by atoms with Gasteiger partial charge in [-0.25, -0.2) is 0 Å². The van der Waals surface area contributed by atoms with E-state index in [-0.39, 0.29) is 24.9 Å². The van der Waals surface area contributed by atoms with Gasteiger partial charge in [-0.15, -0.1) is 0 Å². The summed E-state index contributed by atoms with van der Waals surface area (Å²) in [5.74, 6) is -0.843. The summed E-state index contributed by atoms with van der Waals surface area (Å²) in [7, 11) is 0. The molecule has 134 valence electrons. The summed E-state index contributed by atoms with van der Waals surface area (Å²) in [6, 6.07) is 5.80. The van der Waals surface area contributed by atoms with Crippen LogP contribution in [0.2, 0.25) is 0 Å². The van der Waals surface area contributed by atoms with Gasteiger partial charge in [0, 0.05) is 36.8 Å². The summed E-state index contributed by atoms with van der Waals surface area (Å²) < 4.78 is 11.3. The molecule has 6 heteroatoms. The van der Waals surface area contributed by atoms with E-state index in [4.69, 9.17) is 14.3 Å². The van der Waals surface area contributed by atoms with Crippen molar-refractivity contribution in [3.8, 4) is 0 Å². The number of carboxylic acid groups (broad SMARTS) is 1. The lowest BCUT2D eigenvalue weighted by molar-refractivity contribution is -0.137. The number of furan rings is 1. The summed E-state index contributed by atoms with van der Waals surface area (Å²) in [6.45, 7) is 5.16. The van der Waals surface area contributed by atoms with Crippen molar-refractivity contribution >= 4 is 22.8 Å². The average Bonchev–Trinajstić information content (AvgIpc) is 2.94. The fraction of sp³-hybridized carbons (Fsp3) is 0.474. The van der Waals surface area contributed by atoms with Gasteiger partial charge < -0.3 is 19.2 Å². The topological polar surface area (TPSA) is 80.0 Å². The van der Waals surface area contributed by atoms with E-state index in [1.807, 2.05) is 32.0 Å². The lowest BCUT2D eigenvalue weighted by Gasteiger charge is -2.33. The Balaban J connectivity index is 1.94. The van der Waals surface area contributed by atoms with Gasteiger partial charge in [0.05, 0.1) is 6.42 Å². The summed E-state index contributed by atoms with van der Waals surface area (Å²) >= 11 is 0. The maximum absolute atomic E-state index is 13.2. The van der Waals surface area contributed by atoms with E-state index >= 15 is 0 Å². The molecule has 6 nitrogen and oxygen atoms in total. The van der Waals surface area contributed by atoms with Crippen LogP contribution in [0.15, 0.2) is 22.6 Å². The van der Waals surface area contributed by atoms with Crippen LogP contribution >= 0.6 is 0 Å². The first-order valence-corrected chi connectivity index (χ1v) is 8.58. The Morgan fingerprint density at radius 1 is 1.24 bits per heavy atom. The number of hydrogen-bond acceptors (Lipinski definition) is 4. The number of para-hydroxylation sites is 1. The molecule has 2 heterocycles. The van der Waals surface area contributed by atoms with Gasteiger partial charge in [-0.2, -0.15) is 0 Å². The Bertz CT molecular complexity index is 788. The molecule has 1 aliphatic rings. The molecule has 0 spiro atoms. The zero-order valence-corrected chi connectivity index (χ0v) is 14.6. The number of nitrogens with zero attached hydrogens (tertiary/aromatic N) is 1. The highest BCUT2D eigenvalue weighted by Gasteiger charge is 2.30. The highest BCUT2D eigenvalue weighted by molar-refractivity contribution is 5.99. The zero-order chi connectivity index (χ0) is 18.0. The largest absolute Gasteiger partial charge is 0.481 e. The lowest BCUT2D eigenvalue weighted by atomic mass is 10.0. The minimum atomic E-state index is -0.915. The number of fused-ring (bicyclic) bond motifs is 1. The van der Waals surface area contributed by atoms with Gasteiger partial charge in [0.2, 0.25) is 0 Å². The van der Waals surface area contributed by atoms with Crippen LogP contribution in [0.25, 0.3) is 11.0 Å². The van der Waals surface area contributed by atoms with Crippen LogP contribution in [0.5, 0.6) is 0 Å². The number of aryl methyl sites for hydroxylation is 2. The molecule has 1 fully saturated rings. The molecule has 25 heavy (non-hydrogen) atoms. The smallest absolute Gasteiger partial charge is 0.305 e. The molecule has 0 atom stereocenters. The number of amides is 1. The molecule has 0 radical (unpaired) electrons. The summed E-state index contributed by atoms with van der Waals surface area (Å²) in [5, 5.41) is 9.96. The van der Waals surface area contributed by atoms with Gasteiger partial charge >= 0.3 is 5.97 Å². The molecule has 0 aliphatic carbocycles. The van der Waals surface area contributed by atoms with E-state index < -0.39 is 5.97 Å². The van der Waals surface area contributed by atoms with Crippen LogP contribution < -0.4 is 0 Å². The van der Waals surface area contributed by atoms with Gasteiger partial charge in [-0.3, -0.25) is 9.59 Å². The van der Waals surface area contributed by atoms with Crippen molar-refractivity contribution in [3.05, 3.63) is 35.1 Å². The van der Waals surface area contributed by atoms with Crippen molar-refractivity contribution in [1.82, 2.24) is 4.90 Å². The predicted molar refractivity (Wildman–Crippen MR) is 92.8 cm³/mol. The molecular weight excluding hydrogens is 322 g/mol. The van der Waals surface area contributed by atoms with Crippen LogP contribution in [-0.2, 0) is 9.53 Å². The third-order valence-electron chi connectivity index (χ3n) is 4.81. The minimum absolute atomic E-state index is 0.0192. The van der Waals surface area contributed by atoms with E-state index in [0.29, 0.717) is 37.4 Å². The summed E-state index contributed by atoms with van der Waals surface area (Å²) in [4.78, 5) is 25.8. The lowest BCUT2D eigenvalue weighted by Crippen LogP contribution is -2.44. The molecule has 1 aromatic carbocycles. The van der Waals surface area contributed by atoms with Crippen molar-refractivity contribution in [1.29, 1.82) is 0 Å². The first-order chi connectivity index (χ1) is 12.0. The maximum Gasteiger partial charge on any atom is 0.305 e. The number of hydrogen-bond donors (Lipinski definition) is 1. The maximum atomic E-state index is 13.2. The highest BCUT2D eigenvalue weighted by atomic mass is 16.5. The molecule has 0 bridgehead atoms. The fourth-order valence-electron chi connectivity index (χ4n) is 3.38. The van der Waals surface area contributed by atoms with E-state index in [1.54, 1.807) is 4.90 Å². The Morgan fingerprint density at radius 3 is 2.60 bits per heavy atom. The van der Waals surface area contributed by atoms with Crippen molar-refractivity contribution in [2.75, 3.05) is 19.8 Å². The SMILES string of the molecule is Cc1c(C(=O)N(CCC(=O)O)C2CCOCC2)oc2c(C)cccc12. The van der Waals surface area contributed by atoms with Crippen molar-refractivity contribution in [2.45, 2.75) is 39.2 Å². The quantitative estimate of drug-likeness (QED) is 0.900. The third-order valence-corrected chi connectivity index (χ3v) is 4.81. The second kappa shape index (κ2) is 7.27. The van der Waals surface area contributed by atoms with Crippen LogP contribution in [0.3, 0.4) is 0 Å². The second-order valence-corrected chi connectivity index (χ2v) is 6.49. The first-order valence-electron chi connectivity index (χ1n) is 8.58. The Labute approximate surface area is 146 Å². The monoisotopic (exact) mass is 345 g/mol. The molecule has 1 saturated heterocycles. The Hall–Kier alpha value is -2.34. The molecule has 1 N–H and O–H groups in total. The fourth-order valence-corrected chi connectivity index (χ4v) is 3.38. The number of carbonyl (C=O) groups is 2. The number of aliphatic carboxylic acids is 1. The molecule has 0 unspecified atom stereocenters. The van der Waals surface area contributed by atoms with Crippen molar-refractivity contribution in [2.24, 2.45) is 0 Å². The predicted octanol–water partition coefficient (Wildman–Crippen LogP) is 3.15. The van der Waals surface area contributed by atoms with Gasteiger partial charge in [-0.1, -0.05) is 18.2 Å². The second-order valence-electron chi connectivity index (χ2n) is 6.49. The Morgan fingerprint density at radius 2 is 1.96 bits per heavy atom. The normalized spacial score (nSPS) is 15.4. The van der Waals surface area contributed by atoms with E-state index in [2.05, 4.69) is 0 Å². The first kappa shape index (κ1) is 17.5. The molecular formula is C19H23NO5. The third kappa shape index (κ3) is 3.54. The minimum Gasteiger partial charge on any atom is -0.481 e. The van der Waals surface area contributed by atoms with Crippen molar-refractivity contribution < 1.29 is 23.8 Å². The zero-order valence-electron chi connectivity index (χ0n) is 14.6. The van der Waals surface area contributed by atoms with Crippen LogP contribution in [0, 0.1) is 13.8 Å². The number of carboxylic acids is 1. The van der Waals surface area contributed by atoms with Gasteiger partial charge in [0.25, 0.3) is 5.91 Å². The molecule has 1 aliphatic heterocycles. The van der Waals surface area contributed by atoms with Gasteiger partial charge in [-0.05, 0) is 32.3 Å². The highest BCUT2D eigenvalue weighted by Crippen LogP contribution is 2.29. The molecule has 1 aromatic heterocycles. The van der Waals surface area contributed by atoms with Crippen molar-refractivity contribution in [3.63, 3.8) is 0 Å². The molecule has 2 aromatic rings. The number of carbonyl (C=O) groups excluding carboxylic acids is 1. The number of benzene rings is 1. The summed E-state index contributed by atoms with van der Waals surface area (Å²) in [5.41, 5.74) is 2.49. The van der Waals surface area contributed by atoms with Crippen LogP contribution in [0.1, 0.15) is 40.9 Å². The molecule has 1 amide bonds. The standard InChI is InChI=1S/C19H23NO5/c1-12-4-3-5-15-13(2)18(25-17(12)15)19(23)20(9-6-16(21)22)14-7-10-24-11-8-14/h3-5,14H,6-11H2,1-2H3,(H,21,22). The molecule has 0 saturated carbocycles. The number of ether oxygens (including phenoxy) is 1. The van der Waals surface area contributed by atoms with E-state index in [1.165, 1.54) is 0 Å². The van der Waals surface area contributed by atoms with Crippen LogP contribution in [0.4, 0.5) is 0 Å². The average molecular weight is 345 g/mol. The van der Waals surface area contributed by atoms with Crippen LogP contribution in [-0.4, -0.2) is 47.7 Å². The Kier molecular flexibility index (Phi) is 5.08.